The highest BCUT2D eigenvalue weighted by Gasteiger charge is 2.25. The molecule has 4 rings (SSSR count). The van der Waals surface area contributed by atoms with Crippen molar-refractivity contribution in [1.82, 2.24) is 5.32 Å². The Kier molecular flexibility index (Phi) is 5.33. The van der Waals surface area contributed by atoms with Crippen LogP contribution in [0.15, 0.2) is 54.6 Å². The van der Waals surface area contributed by atoms with E-state index in [0.717, 1.165) is 0 Å². The van der Waals surface area contributed by atoms with Gasteiger partial charge in [-0.25, -0.2) is 13.2 Å². The van der Waals surface area contributed by atoms with E-state index in [1.165, 1.54) is 6.07 Å². The summed E-state index contributed by atoms with van der Waals surface area (Å²) in [7, 11) is 0. The van der Waals surface area contributed by atoms with Gasteiger partial charge in [-0.2, -0.15) is 0 Å². The lowest BCUT2D eigenvalue weighted by Crippen LogP contribution is -2.43. The Balaban J connectivity index is 1.62. The lowest BCUT2D eigenvalue weighted by atomic mass is 10.1. The molecule has 8 heteroatoms. The predicted octanol–water partition coefficient (Wildman–Crippen LogP) is 4.10. The number of nitrogens with zero attached hydrogens (tertiary/aromatic N) is 1. The number of fused-ring (bicyclic) bond motifs is 1. The van der Waals surface area contributed by atoms with Crippen molar-refractivity contribution in [2.24, 2.45) is 0 Å². The van der Waals surface area contributed by atoms with Gasteiger partial charge in [-0.1, -0.05) is 12.1 Å². The highest BCUT2D eigenvalue weighted by molar-refractivity contribution is 6.02. The van der Waals surface area contributed by atoms with Gasteiger partial charge in [0.05, 0.1) is 31.1 Å². The van der Waals surface area contributed by atoms with Crippen molar-refractivity contribution in [3.8, 4) is 11.5 Å². The van der Waals surface area contributed by atoms with Crippen LogP contribution in [0.2, 0.25) is 0 Å². The molecular weight excluding hydrogens is 397 g/mol. The number of aliphatic hydroxyl groups is 1. The van der Waals surface area contributed by atoms with Crippen molar-refractivity contribution >= 4 is 11.6 Å². The molecule has 0 saturated heterocycles. The van der Waals surface area contributed by atoms with Crippen LogP contribution in [0.3, 0.4) is 0 Å². The molecule has 0 bridgehead atoms. The maximum atomic E-state index is 14.1. The van der Waals surface area contributed by atoms with Crippen LogP contribution in [0.5, 0.6) is 11.5 Å². The van der Waals surface area contributed by atoms with Crippen molar-refractivity contribution in [2.75, 3.05) is 11.6 Å². The van der Waals surface area contributed by atoms with E-state index < -0.39 is 17.5 Å². The van der Waals surface area contributed by atoms with Crippen LogP contribution < -0.4 is 15.0 Å². The van der Waals surface area contributed by atoms with Gasteiger partial charge < -0.3 is 20.1 Å². The second-order valence-electron chi connectivity index (χ2n) is 6.80. The molecule has 30 heavy (non-hydrogen) atoms. The van der Waals surface area contributed by atoms with Crippen LogP contribution in [-0.2, 0) is 13.2 Å². The first kappa shape index (κ1) is 19.8. The van der Waals surface area contributed by atoms with E-state index in [1.807, 2.05) is 0 Å². The fourth-order valence-electron chi connectivity index (χ4n) is 3.28. The van der Waals surface area contributed by atoms with E-state index in [0.29, 0.717) is 34.9 Å². The molecule has 3 aromatic carbocycles. The number of rotatable bonds is 5. The van der Waals surface area contributed by atoms with Crippen LogP contribution >= 0.6 is 0 Å². The van der Waals surface area contributed by atoms with Crippen LogP contribution in [0, 0.1) is 17.5 Å². The second-order valence-corrected chi connectivity index (χ2v) is 6.80. The van der Waals surface area contributed by atoms with Crippen LogP contribution in [0.1, 0.15) is 21.5 Å². The summed E-state index contributed by atoms with van der Waals surface area (Å²) in [5, 5.41) is 11.9. The average Bonchev–Trinajstić information content (AvgIpc) is 2.72. The molecule has 1 amide bonds. The summed E-state index contributed by atoms with van der Waals surface area (Å²) < 4.78 is 47.0. The van der Waals surface area contributed by atoms with Crippen LogP contribution in [0.4, 0.5) is 18.9 Å². The van der Waals surface area contributed by atoms with Crippen molar-refractivity contribution in [2.45, 2.75) is 13.2 Å². The van der Waals surface area contributed by atoms with E-state index in [2.05, 4.69) is 5.32 Å². The predicted molar refractivity (Wildman–Crippen MR) is 104 cm³/mol. The maximum Gasteiger partial charge on any atom is 0.254 e. The number of carbonyl (C=O) groups excluding carboxylic acids is 1. The van der Waals surface area contributed by atoms with Crippen molar-refractivity contribution < 1.29 is 27.8 Å². The Morgan fingerprint density at radius 1 is 1.00 bits per heavy atom. The van der Waals surface area contributed by atoms with Crippen molar-refractivity contribution in [1.29, 1.82) is 0 Å². The van der Waals surface area contributed by atoms with E-state index in [1.54, 1.807) is 41.3 Å². The zero-order valence-electron chi connectivity index (χ0n) is 15.7. The number of amides is 1. The fraction of sp³-hybridized carbons (Fsp3) is 0.136. The fourth-order valence-corrected chi connectivity index (χ4v) is 3.28. The van der Waals surface area contributed by atoms with Gasteiger partial charge in [0.1, 0.15) is 29.0 Å². The third-order valence-electron chi connectivity index (χ3n) is 4.76. The molecule has 0 aromatic heterocycles. The molecule has 0 aliphatic carbocycles. The van der Waals surface area contributed by atoms with Gasteiger partial charge in [0.15, 0.2) is 0 Å². The number of carbonyl (C=O) groups is 1. The number of aliphatic hydroxyl groups excluding tert-OH is 1. The molecule has 1 aliphatic rings. The molecule has 0 spiro atoms. The van der Waals surface area contributed by atoms with Gasteiger partial charge in [0.25, 0.3) is 5.91 Å². The molecule has 0 atom stereocenters. The minimum absolute atomic E-state index is 0.0425. The molecule has 3 aromatic rings. The first-order valence-electron chi connectivity index (χ1n) is 9.13. The molecule has 0 unspecified atom stereocenters. The van der Waals surface area contributed by atoms with Gasteiger partial charge >= 0.3 is 0 Å². The van der Waals surface area contributed by atoms with E-state index in [4.69, 9.17) is 4.74 Å². The summed E-state index contributed by atoms with van der Waals surface area (Å²) in [6, 6.07) is 12.9. The molecule has 0 saturated carbocycles. The molecule has 154 valence electrons. The number of halogens is 3. The third-order valence-corrected chi connectivity index (χ3v) is 4.76. The zero-order chi connectivity index (χ0) is 21.3. The minimum atomic E-state index is -0.992. The lowest BCUT2D eigenvalue weighted by molar-refractivity contribution is 0.0947. The SMILES string of the molecule is O=C1NCN(Cc2c(F)cc(F)cc2F)c2ccc(Oc3cccc(CO)c3)cc21. The van der Waals surface area contributed by atoms with Crippen LogP contribution in [-0.4, -0.2) is 17.7 Å². The average molecular weight is 414 g/mol. The van der Waals surface area contributed by atoms with Gasteiger partial charge in [-0.15, -0.1) is 0 Å². The molecule has 2 N–H and O–H groups in total. The highest BCUT2D eigenvalue weighted by atomic mass is 19.1. The van der Waals surface area contributed by atoms with Gasteiger partial charge in [0, 0.05) is 17.7 Å². The number of hydrogen-bond acceptors (Lipinski definition) is 4. The number of nitrogens with one attached hydrogen (secondary N) is 1. The molecule has 5 nitrogen and oxygen atoms in total. The second kappa shape index (κ2) is 8.08. The van der Waals surface area contributed by atoms with Gasteiger partial charge in [0.2, 0.25) is 0 Å². The van der Waals surface area contributed by atoms with E-state index in [-0.39, 0.29) is 36.9 Å². The van der Waals surface area contributed by atoms with E-state index >= 15 is 0 Å². The zero-order valence-corrected chi connectivity index (χ0v) is 15.7. The van der Waals surface area contributed by atoms with Crippen LogP contribution in [0.25, 0.3) is 0 Å². The highest BCUT2D eigenvalue weighted by Crippen LogP contribution is 2.32. The Morgan fingerprint density at radius 3 is 2.47 bits per heavy atom. The molecule has 0 fully saturated rings. The smallest absolute Gasteiger partial charge is 0.254 e. The number of hydrogen-bond donors (Lipinski definition) is 2. The summed E-state index contributed by atoms with van der Waals surface area (Å²) in [6.07, 6.45) is 0. The van der Waals surface area contributed by atoms with Crippen molar-refractivity contribution in [3.63, 3.8) is 0 Å². The van der Waals surface area contributed by atoms with Gasteiger partial charge in [-0.3, -0.25) is 4.79 Å². The van der Waals surface area contributed by atoms with Gasteiger partial charge in [-0.05, 0) is 35.9 Å². The van der Waals surface area contributed by atoms with Crippen molar-refractivity contribution in [3.05, 3.63) is 88.7 Å². The molecule has 1 aliphatic heterocycles. The summed E-state index contributed by atoms with van der Waals surface area (Å²) in [4.78, 5) is 13.9. The quantitative estimate of drug-likeness (QED) is 0.660. The Labute approximate surface area is 170 Å². The monoisotopic (exact) mass is 414 g/mol. The summed E-state index contributed by atoms with van der Waals surface area (Å²) in [5.41, 5.74) is 1.13. The largest absolute Gasteiger partial charge is 0.457 e. The summed E-state index contributed by atoms with van der Waals surface area (Å²) >= 11 is 0. The topological polar surface area (TPSA) is 61.8 Å². The Hall–Kier alpha value is -3.52. The van der Waals surface area contributed by atoms with E-state index in [9.17, 15) is 23.1 Å². The first-order valence-corrected chi connectivity index (χ1v) is 9.13. The normalized spacial score (nSPS) is 13.1. The standard InChI is InChI=1S/C22H17F3N2O3/c23-14-7-19(24)18(20(25)8-14)10-27-12-26-22(29)17-9-16(4-5-21(17)27)30-15-3-1-2-13(6-15)11-28/h1-9,28H,10-12H2,(H,26,29). The Morgan fingerprint density at radius 2 is 1.73 bits per heavy atom. The number of ether oxygens (including phenoxy) is 1. The molecule has 0 radical (unpaired) electrons. The first-order chi connectivity index (χ1) is 14.4. The third kappa shape index (κ3) is 3.95. The number of benzene rings is 3. The Bertz CT molecular complexity index is 1100. The minimum Gasteiger partial charge on any atom is -0.457 e. The summed E-state index contributed by atoms with van der Waals surface area (Å²) in [5.74, 6) is -2.45. The number of anilines is 1. The maximum absolute atomic E-state index is 14.1. The lowest BCUT2D eigenvalue weighted by Gasteiger charge is -2.31. The molecular formula is C22H17F3N2O3. The molecule has 1 heterocycles. The summed E-state index contributed by atoms with van der Waals surface area (Å²) in [6.45, 7) is -0.278.